The van der Waals surface area contributed by atoms with Gasteiger partial charge in [0.1, 0.15) is 11.5 Å². The summed E-state index contributed by atoms with van der Waals surface area (Å²) in [4.78, 5) is 9.90. The van der Waals surface area contributed by atoms with Crippen LogP contribution in [0, 0.1) is 13.5 Å². The summed E-state index contributed by atoms with van der Waals surface area (Å²) in [5.41, 5.74) is 7.40. The summed E-state index contributed by atoms with van der Waals surface area (Å²) in [7, 11) is -3.43. The first-order valence-electron chi connectivity index (χ1n) is 14.3. The number of nitrogens with zero attached hydrogens (tertiary/aromatic N) is 3. The third-order valence-electron chi connectivity index (χ3n) is 7.24. The maximum absolute atomic E-state index is 12.0. The van der Waals surface area contributed by atoms with Crippen LogP contribution in [0.25, 0.3) is 4.85 Å². The van der Waals surface area contributed by atoms with Gasteiger partial charge >= 0.3 is 0 Å². The van der Waals surface area contributed by atoms with E-state index in [0.717, 1.165) is 53.0 Å². The molecule has 44 heavy (non-hydrogen) atoms. The lowest BCUT2D eigenvalue weighted by atomic mass is 10.1. The Morgan fingerprint density at radius 2 is 1.45 bits per heavy atom. The van der Waals surface area contributed by atoms with Crippen molar-refractivity contribution in [1.82, 2.24) is 4.98 Å². The van der Waals surface area contributed by atoms with E-state index in [9.17, 15) is 8.42 Å². The Morgan fingerprint density at radius 3 is 2.11 bits per heavy atom. The smallest absolute Gasteiger partial charge is 0.229 e. The lowest BCUT2D eigenvalue weighted by molar-refractivity contribution is 0.481. The van der Waals surface area contributed by atoms with Crippen molar-refractivity contribution in [2.24, 2.45) is 0 Å². The Balaban J connectivity index is 1.32. The summed E-state index contributed by atoms with van der Waals surface area (Å²) in [5.74, 6) is 1.53. The van der Waals surface area contributed by atoms with Crippen molar-refractivity contribution in [3.05, 3.63) is 155 Å². The van der Waals surface area contributed by atoms with Crippen LogP contribution in [0.15, 0.2) is 116 Å². The van der Waals surface area contributed by atoms with Crippen LogP contribution in [0.5, 0.6) is 11.5 Å². The van der Waals surface area contributed by atoms with Gasteiger partial charge in [-0.2, -0.15) is 0 Å². The van der Waals surface area contributed by atoms with Crippen molar-refractivity contribution in [3.8, 4) is 11.5 Å². The maximum Gasteiger partial charge on any atom is 0.229 e. The molecule has 0 aliphatic heterocycles. The van der Waals surface area contributed by atoms with Gasteiger partial charge in [0.05, 0.1) is 18.5 Å². The van der Waals surface area contributed by atoms with Gasteiger partial charge in [-0.25, -0.2) is 13.3 Å². The number of ether oxygens (including phenoxy) is 1. The first kappa shape index (κ1) is 30.3. The van der Waals surface area contributed by atoms with E-state index in [0.29, 0.717) is 24.5 Å². The molecule has 222 valence electrons. The number of anilines is 2. The first-order valence-corrected chi connectivity index (χ1v) is 16.2. The molecule has 0 atom stereocenters. The number of sulfonamides is 1. The Hall–Kier alpha value is -5.13. The second kappa shape index (κ2) is 13.9. The highest BCUT2D eigenvalue weighted by Crippen LogP contribution is 2.31. The third-order valence-corrected chi connectivity index (χ3v) is 7.83. The second-order valence-electron chi connectivity index (χ2n) is 10.7. The molecule has 5 aromatic rings. The number of hydrogen-bond donors (Lipinski definition) is 1. The van der Waals surface area contributed by atoms with E-state index in [1.165, 1.54) is 11.1 Å². The molecule has 1 heterocycles. The van der Waals surface area contributed by atoms with Gasteiger partial charge < -0.3 is 9.64 Å². The summed E-state index contributed by atoms with van der Waals surface area (Å²) in [6.45, 7) is 10.3. The Bertz CT molecular complexity index is 1850. The summed E-state index contributed by atoms with van der Waals surface area (Å²) >= 11 is 0. The van der Waals surface area contributed by atoms with Crippen molar-refractivity contribution >= 4 is 27.1 Å². The zero-order valence-electron chi connectivity index (χ0n) is 24.8. The Kier molecular flexibility index (Phi) is 9.58. The molecule has 0 unspecified atom stereocenters. The summed E-state index contributed by atoms with van der Waals surface area (Å²) in [6.07, 6.45) is 6.66. The molecular formula is C36H34N4O3S. The Labute approximate surface area is 259 Å². The average Bonchev–Trinajstić information content (AvgIpc) is 3.02. The van der Waals surface area contributed by atoms with Gasteiger partial charge in [0.2, 0.25) is 10.0 Å². The first-order chi connectivity index (χ1) is 21.3. The van der Waals surface area contributed by atoms with Crippen LogP contribution in [0.1, 0.15) is 27.8 Å². The van der Waals surface area contributed by atoms with Crippen LogP contribution in [0.3, 0.4) is 0 Å². The minimum Gasteiger partial charge on any atom is -0.457 e. The highest BCUT2D eigenvalue weighted by atomic mass is 32.2. The molecule has 0 aliphatic carbocycles. The standard InChI is InChI=1S/C36H34N4O3S/c1-27-35(39-44(3,41)42)10-5-11-36(27)40(25-30-14-18-32(37-2)19-15-30)26-31-16-20-33(21-17-31)43-34-9-4-7-28(23-34)12-13-29-8-6-22-38-24-29/h4-11,14-24,39H,12-13,25-26H2,1,3H3. The fourth-order valence-electron chi connectivity index (χ4n) is 5.02. The second-order valence-corrected chi connectivity index (χ2v) is 12.5. The molecule has 0 fully saturated rings. The molecular weight excluding hydrogens is 568 g/mol. The fourth-order valence-corrected chi connectivity index (χ4v) is 5.64. The SMILES string of the molecule is [C-]#[N+]c1ccc(CN(Cc2ccc(Oc3cccc(CCc4cccnc4)c3)cc2)c2cccc(NS(C)(=O)=O)c2C)cc1. The van der Waals surface area contributed by atoms with E-state index in [-0.39, 0.29) is 0 Å². The van der Waals surface area contributed by atoms with E-state index >= 15 is 0 Å². The van der Waals surface area contributed by atoms with E-state index < -0.39 is 10.0 Å². The van der Waals surface area contributed by atoms with Gasteiger partial charge in [0, 0.05) is 31.2 Å². The predicted octanol–water partition coefficient (Wildman–Crippen LogP) is 8.10. The molecule has 1 N–H and O–H groups in total. The molecule has 4 aromatic carbocycles. The van der Waals surface area contributed by atoms with E-state index in [1.54, 1.807) is 12.3 Å². The molecule has 0 amide bonds. The van der Waals surface area contributed by atoms with Gasteiger partial charge in [0.15, 0.2) is 5.69 Å². The zero-order valence-corrected chi connectivity index (χ0v) is 25.6. The molecule has 0 saturated heterocycles. The summed E-state index contributed by atoms with van der Waals surface area (Å²) in [6, 6.07) is 33.4. The van der Waals surface area contributed by atoms with Crippen LogP contribution in [0.4, 0.5) is 17.1 Å². The van der Waals surface area contributed by atoms with Crippen LogP contribution in [-0.2, 0) is 36.0 Å². The summed E-state index contributed by atoms with van der Waals surface area (Å²) < 4.78 is 32.8. The van der Waals surface area contributed by atoms with Crippen molar-refractivity contribution in [2.75, 3.05) is 15.9 Å². The molecule has 0 spiro atoms. The van der Waals surface area contributed by atoms with E-state index in [2.05, 4.69) is 37.7 Å². The van der Waals surface area contributed by atoms with Gasteiger partial charge in [-0.15, -0.1) is 0 Å². The molecule has 5 rings (SSSR count). The number of rotatable bonds is 12. The Morgan fingerprint density at radius 1 is 0.795 bits per heavy atom. The summed E-state index contributed by atoms with van der Waals surface area (Å²) in [5, 5.41) is 0. The highest BCUT2D eigenvalue weighted by Gasteiger charge is 2.15. The molecule has 1 aromatic heterocycles. The topological polar surface area (TPSA) is 75.9 Å². The average molecular weight is 603 g/mol. The fraction of sp³-hybridized carbons (Fsp3) is 0.167. The van der Waals surface area contributed by atoms with E-state index in [1.807, 2.05) is 92.0 Å². The quantitative estimate of drug-likeness (QED) is 0.146. The number of nitrogens with one attached hydrogen (secondary N) is 1. The molecule has 0 bridgehead atoms. The minimum absolute atomic E-state index is 0.546. The van der Waals surface area contributed by atoms with Crippen molar-refractivity contribution in [1.29, 1.82) is 0 Å². The number of benzene rings is 4. The monoisotopic (exact) mass is 602 g/mol. The number of hydrogen-bond acceptors (Lipinski definition) is 5. The van der Waals surface area contributed by atoms with Gasteiger partial charge in [-0.1, -0.05) is 60.7 Å². The molecule has 0 aliphatic rings. The van der Waals surface area contributed by atoms with Crippen LogP contribution >= 0.6 is 0 Å². The molecule has 8 heteroatoms. The number of aryl methyl sites for hydroxylation is 2. The number of pyridine rings is 1. The van der Waals surface area contributed by atoms with Crippen molar-refractivity contribution in [2.45, 2.75) is 32.9 Å². The highest BCUT2D eigenvalue weighted by molar-refractivity contribution is 7.92. The van der Waals surface area contributed by atoms with Gasteiger partial charge in [-0.3, -0.25) is 9.71 Å². The molecule has 0 saturated carbocycles. The maximum atomic E-state index is 12.0. The minimum atomic E-state index is -3.43. The van der Waals surface area contributed by atoms with E-state index in [4.69, 9.17) is 11.3 Å². The van der Waals surface area contributed by atoms with Gasteiger partial charge in [0.25, 0.3) is 0 Å². The van der Waals surface area contributed by atoms with Crippen LogP contribution < -0.4 is 14.4 Å². The zero-order chi connectivity index (χ0) is 30.9. The van der Waals surface area contributed by atoms with Crippen LogP contribution in [-0.4, -0.2) is 19.7 Å². The lowest BCUT2D eigenvalue weighted by Gasteiger charge is -2.28. The lowest BCUT2D eigenvalue weighted by Crippen LogP contribution is -2.23. The van der Waals surface area contributed by atoms with Crippen LogP contribution in [0.2, 0.25) is 0 Å². The largest absolute Gasteiger partial charge is 0.457 e. The molecule has 7 nitrogen and oxygen atoms in total. The third kappa shape index (κ3) is 8.46. The van der Waals surface area contributed by atoms with Gasteiger partial charge in [-0.05, 0) is 90.0 Å². The van der Waals surface area contributed by atoms with Crippen molar-refractivity contribution in [3.63, 3.8) is 0 Å². The van der Waals surface area contributed by atoms with Crippen molar-refractivity contribution < 1.29 is 13.2 Å². The molecule has 0 radical (unpaired) electrons. The predicted molar refractivity (Wildman–Crippen MR) is 177 cm³/mol. The normalized spacial score (nSPS) is 11.0. The number of aromatic nitrogens is 1.